The molecule has 0 saturated carbocycles. The van der Waals surface area contributed by atoms with E-state index in [0.717, 1.165) is 15.4 Å². The SMILES string of the molecule is CC[C@@H]1NC(=O)C([C@H](O)[C@H](C)C/C=C/c2ccccc2)N(C)C(=O)[C@H](C(C)C)N(C)C(=O)[C@H](CC(C)C)N(C)C(=O)[C@@H](CC(C)C)N(C)C(=O)[C@@H](C)NC(=O)[C@H](C)NC(=O)[C@H](CC(C)C)N(C)C(=O)[C@H](C(C)C)NC(=O)[C@H](CC(C)C)N(C)C(=O)CN(C)C1=O. The number of rotatable bonds is 16. The van der Waals surface area contributed by atoms with Crippen molar-refractivity contribution in [2.75, 3.05) is 55.9 Å². The molecule has 0 bridgehead atoms. The summed E-state index contributed by atoms with van der Waals surface area (Å²) in [5, 5.41) is 23.4. The second-order valence-electron chi connectivity index (χ2n) is 27.3. The van der Waals surface area contributed by atoms with E-state index in [-0.39, 0.29) is 62.2 Å². The minimum absolute atomic E-state index is 0.0102. The van der Waals surface area contributed by atoms with Gasteiger partial charge >= 0.3 is 0 Å². The Morgan fingerprint density at radius 2 is 0.900 bits per heavy atom. The summed E-state index contributed by atoms with van der Waals surface area (Å²) in [5.74, 6) is -9.88. The number of likely N-dealkylation sites (N-methyl/N-ethyl adjacent to an activating group) is 7. The summed E-state index contributed by atoms with van der Waals surface area (Å²) in [6.07, 6.45) is 3.02. The fourth-order valence-electron chi connectivity index (χ4n) is 11.3. The van der Waals surface area contributed by atoms with Crippen molar-refractivity contribution in [2.24, 2.45) is 41.4 Å². The van der Waals surface area contributed by atoms with Gasteiger partial charge in [-0.2, -0.15) is 0 Å². The molecular formula is C67H113N11O12. The molecule has 1 aliphatic rings. The monoisotopic (exact) mass is 1260 g/mol. The summed E-state index contributed by atoms with van der Waals surface area (Å²) in [5.41, 5.74) is 0.896. The minimum Gasteiger partial charge on any atom is -0.390 e. The quantitative estimate of drug-likeness (QED) is 0.154. The molecule has 11 amide bonds. The van der Waals surface area contributed by atoms with Gasteiger partial charge in [0.1, 0.15) is 60.4 Å². The first-order chi connectivity index (χ1) is 41.7. The van der Waals surface area contributed by atoms with E-state index in [0.29, 0.717) is 0 Å². The summed E-state index contributed by atoms with van der Waals surface area (Å²) >= 11 is 0. The van der Waals surface area contributed by atoms with E-state index in [9.17, 15) is 38.7 Å². The Balaban J connectivity index is 2.99. The zero-order valence-electron chi connectivity index (χ0n) is 58.5. The van der Waals surface area contributed by atoms with Crippen molar-refractivity contribution in [1.82, 2.24) is 55.6 Å². The van der Waals surface area contributed by atoms with Gasteiger partial charge in [-0.15, -0.1) is 0 Å². The van der Waals surface area contributed by atoms with Crippen LogP contribution >= 0.6 is 0 Å². The van der Waals surface area contributed by atoms with E-state index >= 15 is 19.2 Å². The minimum atomic E-state index is -1.65. The topological polar surface area (TPSA) is 279 Å². The number of nitrogens with one attached hydrogen (secondary N) is 4. The second kappa shape index (κ2) is 36.2. The van der Waals surface area contributed by atoms with Gasteiger partial charge in [-0.1, -0.05) is 139 Å². The van der Waals surface area contributed by atoms with Gasteiger partial charge in [-0.05, 0) is 99.4 Å². The Hall–Kier alpha value is -6.91. The number of amides is 11. The van der Waals surface area contributed by atoms with Crippen LogP contribution in [0, 0.1) is 41.4 Å². The zero-order chi connectivity index (χ0) is 69.1. The number of carbonyl (C=O) groups excluding carboxylic acids is 11. The van der Waals surface area contributed by atoms with Crippen molar-refractivity contribution in [1.29, 1.82) is 0 Å². The van der Waals surface area contributed by atoms with Gasteiger partial charge in [0.05, 0.1) is 12.6 Å². The van der Waals surface area contributed by atoms with Crippen LogP contribution in [0.2, 0.25) is 0 Å². The number of hydrogen-bond acceptors (Lipinski definition) is 12. The van der Waals surface area contributed by atoms with Gasteiger partial charge in [0.25, 0.3) is 0 Å². The molecule has 23 heteroatoms. The number of aliphatic hydroxyl groups excluding tert-OH is 1. The highest BCUT2D eigenvalue weighted by Crippen LogP contribution is 2.26. The maximum Gasteiger partial charge on any atom is 0.246 e. The molecule has 2 rings (SSSR count). The Kier molecular flexibility index (Phi) is 31.9. The summed E-state index contributed by atoms with van der Waals surface area (Å²) in [7, 11) is 9.93. The lowest BCUT2D eigenvalue weighted by molar-refractivity contribution is -0.157. The molecule has 12 atom stereocenters. The summed E-state index contributed by atoms with van der Waals surface area (Å²) in [6.45, 7) is 27.5. The average Bonchev–Trinajstić information content (AvgIpc) is 0.874. The molecule has 1 aromatic carbocycles. The predicted molar refractivity (Wildman–Crippen MR) is 349 cm³/mol. The number of benzene rings is 1. The zero-order valence-corrected chi connectivity index (χ0v) is 58.5. The molecule has 5 N–H and O–H groups in total. The molecule has 90 heavy (non-hydrogen) atoms. The lowest BCUT2D eigenvalue weighted by Crippen LogP contribution is -2.63. The smallest absolute Gasteiger partial charge is 0.246 e. The number of nitrogens with zero attached hydrogens (tertiary/aromatic N) is 7. The van der Waals surface area contributed by atoms with Gasteiger partial charge in [0, 0.05) is 49.3 Å². The molecule has 23 nitrogen and oxygen atoms in total. The van der Waals surface area contributed by atoms with Crippen LogP contribution in [-0.4, -0.2) is 227 Å². The fraction of sp³-hybridized carbons (Fsp3) is 0.716. The third-order valence-corrected chi connectivity index (χ3v) is 17.0. The first kappa shape index (κ1) is 79.2. The van der Waals surface area contributed by atoms with Gasteiger partial charge in [0.2, 0.25) is 65.0 Å². The molecule has 0 radical (unpaired) electrons. The molecular weight excluding hydrogens is 1150 g/mol. The number of aliphatic hydroxyl groups is 1. The Morgan fingerprint density at radius 1 is 0.467 bits per heavy atom. The lowest BCUT2D eigenvalue weighted by Gasteiger charge is -2.41. The molecule has 1 saturated heterocycles. The first-order valence-corrected chi connectivity index (χ1v) is 32.2. The maximum atomic E-state index is 15.3. The highest BCUT2D eigenvalue weighted by molar-refractivity contribution is 5.99. The van der Waals surface area contributed by atoms with E-state index in [1.54, 1.807) is 41.5 Å². The number of carbonyl (C=O) groups is 11. The van der Waals surface area contributed by atoms with E-state index in [1.165, 1.54) is 87.7 Å². The van der Waals surface area contributed by atoms with Crippen LogP contribution in [-0.2, 0) is 52.7 Å². The summed E-state index contributed by atoms with van der Waals surface area (Å²) in [4.78, 5) is 170. The normalized spacial score (nSPS) is 26.0. The van der Waals surface area contributed by atoms with Crippen molar-refractivity contribution in [3.05, 3.63) is 42.0 Å². The average molecular weight is 1260 g/mol. The van der Waals surface area contributed by atoms with E-state index in [2.05, 4.69) is 21.3 Å². The number of hydrogen-bond donors (Lipinski definition) is 5. The molecule has 1 fully saturated rings. The van der Waals surface area contributed by atoms with Crippen LogP contribution in [0.3, 0.4) is 0 Å². The van der Waals surface area contributed by atoms with Crippen LogP contribution < -0.4 is 21.3 Å². The summed E-state index contributed by atoms with van der Waals surface area (Å²) < 4.78 is 0. The van der Waals surface area contributed by atoms with E-state index in [1.807, 2.05) is 97.9 Å². The van der Waals surface area contributed by atoms with Gasteiger partial charge in [0.15, 0.2) is 0 Å². The molecule has 0 aromatic heterocycles. The summed E-state index contributed by atoms with van der Waals surface area (Å²) in [6, 6.07) is -3.00. The predicted octanol–water partition coefficient (Wildman–Crippen LogP) is 4.41. The van der Waals surface area contributed by atoms with Crippen molar-refractivity contribution >= 4 is 71.1 Å². The van der Waals surface area contributed by atoms with Crippen LogP contribution in [0.15, 0.2) is 36.4 Å². The Bertz CT molecular complexity index is 2630. The van der Waals surface area contributed by atoms with Crippen molar-refractivity contribution in [3.63, 3.8) is 0 Å². The third kappa shape index (κ3) is 22.2. The molecule has 1 heterocycles. The van der Waals surface area contributed by atoms with Crippen LogP contribution in [0.5, 0.6) is 0 Å². The maximum absolute atomic E-state index is 15.3. The number of allylic oxidation sites excluding steroid dienone is 1. The molecule has 1 aromatic rings. The highest BCUT2D eigenvalue weighted by Gasteiger charge is 2.46. The van der Waals surface area contributed by atoms with Gasteiger partial charge in [-0.25, -0.2) is 0 Å². The fourth-order valence-corrected chi connectivity index (χ4v) is 11.3. The van der Waals surface area contributed by atoms with Crippen molar-refractivity contribution in [3.8, 4) is 0 Å². The van der Waals surface area contributed by atoms with Gasteiger partial charge in [-0.3, -0.25) is 52.7 Å². The second-order valence-corrected chi connectivity index (χ2v) is 27.3. The van der Waals surface area contributed by atoms with Crippen LogP contribution in [0.25, 0.3) is 6.08 Å². The largest absolute Gasteiger partial charge is 0.390 e. The molecule has 0 aliphatic carbocycles. The van der Waals surface area contributed by atoms with Crippen LogP contribution in [0.4, 0.5) is 0 Å². The lowest BCUT2D eigenvalue weighted by atomic mass is 9.91. The standard InChI is InChI=1S/C67H113N11O12/c1-24-48-63(86)72(17)37-53(79)73(18)49(33-38(2)3)60(83)71-54(42(10)11)66(89)74(19)50(34-39(4)5)59(82)68-45(15)58(81)69-46(16)62(85)75(20)51(35-40(6)7)64(87)76(21)52(36-41(8)9)65(88)77(22)55(43(12)13)67(90)78(23)56(61(84)70-48)57(80)44(14)29-28-32-47-30-26-25-27-31-47/h25-28,30-32,38-46,48-52,54-57,80H,24,29,33-37H2,1-23H3,(H,68,82)(H,69,81)(H,70,84)(H,71,83)/b32-28+/t44-,45+,46-,48+,49+,50+,51-,52+,54+,55+,56?,57-/m1/s1. The Morgan fingerprint density at radius 3 is 1.38 bits per heavy atom. The third-order valence-electron chi connectivity index (χ3n) is 17.0. The highest BCUT2D eigenvalue weighted by atomic mass is 16.3. The van der Waals surface area contributed by atoms with Crippen molar-refractivity contribution < 1.29 is 57.8 Å². The molecule has 1 unspecified atom stereocenters. The molecule has 1 aliphatic heterocycles. The van der Waals surface area contributed by atoms with Gasteiger partial charge < -0.3 is 60.7 Å². The van der Waals surface area contributed by atoms with Crippen molar-refractivity contribution in [2.45, 2.75) is 216 Å². The van der Waals surface area contributed by atoms with E-state index < -0.39 is 156 Å². The van der Waals surface area contributed by atoms with E-state index in [4.69, 9.17) is 0 Å². The first-order valence-electron chi connectivity index (χ1n) is 32.2. The Labute approximate surface area is 537 Å². The molecule has 0 spiro atoms. The van der Waals surface area contributed by atoms with Crippen LogP contribution in [0.1, 0.15) is 155 Å². The molecule has 508 valence electrons.